The van der Waals surface area contributed by atoms with E-state index in [1.807, 2.05) is 35.2 Å². The first-order valence-corrected chi connectivity index (χ1v) is 9.27. The topological polar surface area (TPSA) is 123 Å². The molecule has 0 bridgehead atoms. The van der Waals surface area contributed by atoms with Crippen LogP contribution in [0.3, 0.4) is 0 Å². The number of pyridine rings is 1. The van der Waals surface area contributed by atoms with Gasteiger partial charge in [0.25, 0.3) is 0 Å². The highest BCUT2D eigenvalue weighted by atomic mass is 16.4. The quantitative estimate of drug-likeness (QED) is 0.231. The van der Waals surface area contributed by atoms with Gasteiger partial charge in [-0.2, -0.15) is 0 Å². The number of nitrogens with one attached hydrogen (secondary N) is 1. The lowest BCUT2D eigenvalue weighted by atomic mass is 9.93. The summed E-state index contributed by atoms with van der Waals surface area (Å²) >= 11 is 0. The number of fused-ring (bicyclic) bond motifs is 1. The molecule has 0 radical (unpaired) electrons. The molecule has 4 rings (SSSR count). The van der Waals surface area contributed by atoms with E-state index in [-0.39, 0.29) is 12.4 Å². The van der Waals surface area contributed by atoms with E-state index in [1.54, 1.807) is 12.4 Å². The largest absolute Gasteiger partial charge is 0.411 e. The molecule has 1 aromatic carbocycles. The number of H-pyrrole nitrogens is 1. The molecule has 29 heavy (non-hydrogen) atoms. The number of rotatable bonds is 5. The second kappa shape index (κ2) is 8.15. The number of benzene rings is 1. The number of hydrogen-bond acceptors (Lipinski definition) is 6. The molecule has 8 nitrogen and oxygen atoms in total. The van der Waals surface area contributed by atoms with Crippen molar-refractivity contribution in [1.82, 2.24) is 14.9 Å². The number of hydrogen-bond donors (Lipinski definition) is 4. The van der Waals surface area contributed by atoms with E-state index in [9.17, 15) is 5.21 Å². The van der Waals surface area contributed by atoms with Gasteiger partial charge in [0.2, 0.25) is 0 Å². The Hall–Kier alpha value is -3.65. The van der Waals surface area contributed by atoms with Crippen LogP contribution in [-0.2, 0) is 13.0 Å². The summed E-state index contributed by atoms with van der Waals surface area (Å²) in [6.45, 7) is 1.24. The van der Waals surface area contributed by atoms with Crippen LogP contribution < -0.4 is 5.73 Å². The summed E-state index contributed by atoms with van der Waals surface area (Å²) < 4.78 is 0. The molecule has 1 aliphatic heterocycles. The van der Waals surface area contributed by atoms with Crippen molar-refractivity contribution in [3.63, 3.8) is 0 Å². The van der Waals surface area contributed by atoms with Crippen molar-refractivity contribution in [2.45, 2.75) is 13.0 Å². The Balaban J connectivity index is 1.81. The summed E-state index contributed by atoms with van der Waals surface area (Å²) in [7, 11) is 0. The van der Waals surface area contributed by atoms with Crippen LogP contribution in [0.4, 0.5) is 0 Å². The Morgan fingerprint density at radius 2 is 1.86 bits per heavy atom. The van der Waals surface area contributed by atoms with E-state index in [2.05, 4.69) is 32.4 Å². The maximum Gasteiger partial charge on any atom is 0.153 e. The molecule has 0 saturated heterocycles. The molecule has 148 valence electrons. The summed E-state index contributed by atoms with van der Waals surface area (Å²) in [6, 6.07) is 14.1. The van der Waals surface area contributed by atoms with Crippen molar-refractivity contribution in [3.05, 3.63) is 77.2 Å². The third-order valence-electron chi connectivity index (χ3n) is 5.05. The average molecular weight is 390 g/mol. The smallest absolute Gasteiger partial charge is 0.153 e. The number of amidine groups is 1. The fraction of sp³-hybridized carbons (Fsp3) is 0.190. The van der Waals surface area contributed by atoms with Crippen LogP contribution in [0.5, 0.6) is 0 Å². The standard InChI is InChI=1S/C21H22N6O2/c22-19(26-29)13-27-11-17-20(18(12-27)25-28)16(10-14-4-2-1-3-5-14)21(24-17)15-6-8-23-9-7-15/h1-9,24,28-29H,10-13H2,(H2,22,26). The Morgan fingerprint density at radius 3 is 2.55 bits per heavy atom. The van der Waals surface area contributed by atoms with Crippen molar-refractivity contribution >= 4 is 11.5 Å². The van der Waals surface area contributed by atoms with Crippen LogP contribution in [0.1, 0.15) is 22.4 Å². The Bertz CT molecular complexity index is 1040. The molecular weight excluding hydrogens is 368 g/mol. The molecule has 0 atom stereocenters. The zero-order valence-corrected chi connectivity index (χ0v) is 15.8. The van der Waals surface area contributed by atoms with E-state index in [0.717, 1.165) is 28.1 Å². The molecular formula is C21H22N6O2. The second-order valence-corrected chi connectivity index (χ2v) is 7.01. The van der Waals surface area contributed by atoms with Crippen LogP contribution >= 0.6 is 0 Å². The van der Waals surface area contributed by atoms with E-state index in [0.29, 0.717) is 25.2 Å². The first-order chi connectivity index (χ1) is 14.2. The minimum Gasteiger partial charge on any atom is -0.411 e. The van der Waals surface area contributed by atoms with E-state index in [1.165, 1.54) is 5.56 Å². The zero-order chi connectivity index (χ0) is 20.2. The van der Waals surface area contributed by atoms with Gasteiger partial charge in [0, 0.05) is 54.4 Å². The number of aromatic nitrogens is 2. The molecule has 3 aromatic rings. The summed E-state index contributed by atoms with van der Waals surface area (Å²) in [5.74, 6) is 0.108. The third kappa shape index (κ3) is 3.83. The highest BCUT2D eigenvalue weighted by Crippen LogP contribution is 2.33. The van der Waals surface area contributed by atoms with Crippen LogP contribution in [0.25, 0.3) is 11.3 Å². The van der Waals surface area contributed by atoms with Gasteiger partial charge >= 0.3 is 0 Å². The summed E-state index contributed by atoms with van der Waals surface area (Å²) in [5.41, 5.74) is 12.3. The first kappa shape index (κ1) is 18.7. The van der Waals surface area contributed by atoms with Gasteiger partial charge in [0.05, 0.1) is 6.54 Å². The summed E-state index contributed by atoms with van der Waals surface area (Å²) in [4.78, 5) is 9.58. The van der Waals surface area contributed by atoms with Crippen LogP contribution in [0.15, 0.2) is 65.2 Å². The predicted octanol–water partition coefficient (Wildman–Crippen LogP) is 2.41. The lowest BCUT2D eigenvalue weighted by Crippen LogP contribution is -2.41. The van der Waals surface area contributed by atoms with Crippen molar-refractivity contribution in [2.24, 2.45) is 16.0 Å². The number of nitrogens with two attached hydrogens (primary N) is 1. The molecule has 1 aliphatic rings. The first-order valence-electron chi connectivity index (χ1n) is 9.27. The highest BCUT2D eigenvalue weighted by molar-refractivity contribution is 6.06. The Morgan fingerprint density at radius 1 is 1.10 bits per heavy atom. The van der Waals surface area contributed by atoms with Gasteiger partial charge in [-0.1, -0.05) is 40.6 Å². The minimum absolute atomic E-state index is 0.108. The fourth-order valence-electron chi connectivity index (χ4n) is 3.83. The molecule has 0 fully saturated rings. The molecule has 5 N–H and O–H groups in total. The molecule has 3 heterocycles. The molecule has 0 spiro atoms. The van der Waals surface area contributed by atoms with E-state index < -0.39 is 0 Å². The van der Waals surface area contributed by atoms with Gasteiger partial charge in [0.15, 0.2) is 5.84 Å². The van der Waals surface area contributed by atoms with Crippen LogP contribution in [-0.4, -0.2) is 49.9 Å². The molecule has 0 aliphatic carbocycles. The summed E-state index contributed by atoms with van der Waals surface area (Å²) in [5, 5.41) is 25.3. The zero-order valence-electron chi connectivity index (χ0n) is 15.8. The molecule has 8 heteroatoms. The summed E-state index contributed by atoms with van der Waals surface area (Å²) in [6.07, 6.45) is 4.21. The highest BCUT2D eigenvalue weighted by Gasteiger charge is 2.29. The Labute approximate surface area is 168 Å². The molecule has 0 saturated carbocycles. The number of nitrogens with zero attached hydrogens (tertiary/aromatic N) is 4. The van der Waals surface area contributed by atoms with Crippen molar-refractivity contribution < 1.29 is 10.4 Å². The predicted molar refractivity (Wildman–Crippen MR) is 110 cm³/mol. The lowest BCUT2D eigenvalue weighted by molar-refractivity contribution is 0.290. The van der Waals surface area contributed by atoms with Gasteiger partial charge < -0.3 is 21.1 Å². The minimum atomic E-state index is 0.108. The van der Waals surface area contributed by atoms with Crippen molar-refractivity contribution in [1.29, 1.82) is 0 Å². The fourth-order valence-corrected chi connectivity index (χ4v) is 3.83. The number of aromatic amines is 1. The van der Waals surface area contributed by atoms with Crippen LogP contribution in [0, 0.1) is 0 Å². The van der Waals surface area contributed by atoms with Crippen LogP contribution in [0.2, 0.25) is 0 Å². The van der Waals surface area contributed by atoms with Crippen molar-refractivity contribution in [2.75, 3.05) is 13.1 Å². The lowest BCUT2D eigenvalue weighted by Gasteiger charge is -2.27. The van der Waals surface area contributed by atoms with Gasteiger partial charge in [-0.25, -0.2) is 0 Å². The second-order valence-electron chi connectivity index (χ2n) is 7.01. The van der Waals surface area contributed by atoms with E-state index >= 15 is 0 Å². The Kier molecular flexibility index (Phi) is 5.26. The number of oxime groups is 2. The van der Waals surface area contributed by atoms with Gasteiger partial charge in [0.1, 0.15) is 5.71 Å². The van der Waals surface area contributed by atoms with Gasteiger partial charge in [-0.05, 0) is 23.3 Å². The SMILES string of the molecule is NC(CN1CC(=NO)c2c([nH]c(-c3ccncc3)c2Cc2ccccc2)C1)=NO. The van der Waals surface area contributed by atoms with Gasteiger partial charge in [-0.15, -0.1) is 0 Å². The van der Waals surface area contributed by atoms with E-state index in [4.69, 9.17) is 10.9 Å². The maximum atomic E-state index is 9.74. The maximum absolute atomic E-state index is 9.74. The average Bonchev–Trinajstić information content (AvgIpc) is 3.12. The van der Waals surface area contributed by atoms with Crippen molar-refractivity contribution in [3.8, 4) is 11.3 Å². The molecule has 0 unspecified atom stereocenters. The third-order valence-corrected chi connectivity index (χ3v) is 5.05. The molecule has 0 amide bonds. The van der Waals surface area contributed by atoms with Gasteiger partial charge in [-0.3, -0.25) is 9.88 Å². The monoisotopic (exact) mass is 390 g/mol. The molecule has 2 aromatic heterocycles. The normalized spacial score (nSPS) is 16.1.